The van der Waals surface area contributed by atoms with Crippen LogP contribution in [0.1, 0.15) is 5.76 Å². The Bertz CT molecular complexity index is 1640. The normalized spacial score (nSPS) is 11.1. The van der Waals surface area contributed by atoms with Gasteiger partial charge in [-0.05, 0) is 79.0 Å². The van der Waals surface area contributed by atoms with Gasteiger partial charge in [-0.1, -0.05) is 35.3 Å². The zero-order chi connectivity index (χ0) is 26.6. The number of nitrogens with zero attached hydrogens (tertiary/aromatic N) is 1. The molecule has 0 spiro atoms. The van der Waals surface area contributed by atoms with Gasteiger partial charge in [0.05, 0.1) is 23.0 Å². The third-order valence-electron chi connectivity index (χ3n) is 5.40. The highest BCUT2D eigenvalue weighted by Gasteiger charge is 2.12. The lowest BCUT2D eigenvalue weighted by atomic mass is 10.2. The van der Waals surface area contributed by atoms with Crippen LogP contribution in [-0.4, -0.2) is 23.1 Å². The minimum absolute atomic E-state index is 0.119. The Hall–Kier alpha value is -3.69. The maximum atomic E-state index is 12.5. The van der Waals surface area contributed by atoms with E-state index in [1.807, 2.05) is 42.5 Å². The maximum Gasteiger partial charge on any atom is 0.250 e. The van der Waals surface area contributed by atoms with Crippen molar-refractivity contribution < 1.29 is 13.9 Å². The molecule has 0 radical (unpaired) electrons. The summed E-state index contributed by atoms with van der Waals surface area (Å²) in [6.45, 7) is 0. The number of rotatable bonds is 6. The first-order chi connectivity index (χ1) is 18.4. The number of ether oxygens (including phenoxy) is 1. The van der Waals surface area contributed by atoms with Crippen LogP contribution in [-0.2, 0) is 4.79 Å². The highest BCUT2D eigenvalue weighted by atomic mass is 35.5. The number of methoxy groups -OCH3 is 1. The van der Waals surface area contributed by atoms with Gasteiger partial charge < -0.3 is 14.5 Å². The summed E-state index contributed by atoms with van der Waals surface area (Å²) in [7, 11) is 1.57. The van der Waals surface area contributed by atoms with Crippen LogP contribution in [0, 0.1) is 0 Å². The van der Waals surface area contributed by atoms with Crippen molar-refractivity contribution in [3.05, 3.63) is 94.7 Å². The molecule has 0 unspecified atom stereocenters. The third kappa shape index (κ3) is 6.06. The number of aromatic nitrogens is 1. The van der Waals surface area contributed by atoms with Crippen LogP contribution in [0.3, 0.4) is 0 Å². The summed E-state index contributed by atoms with van der Waals surface area (Å²) in [5, 5.41) is 7.67. The summed E-state index contributed by atoms with van der Waals surface area (Å²) < 4.78 is 12.3. The zero-order valence-electron chi connectivity index (χ0n) is 19.8. The third-order valence-corrected chi connectivity index (χ3v) is 7.12. The standard InChI is InChI=1S/C28H19Cl2N3O3S2/c1-35-24-9-6-16(27-31-21-4-2-3-5-25(21)38-27)14-22(24)32-28(37)33-26(34)11-8-20-7-10-23(36-20)17-12-18(29)15-19(30)13-17/h2-15H,1H3,(H2,32,33,34,37)/b11-8+. The van der Waals surface area contributed by atoms with Crippen molar-refractivity contribution in [3.8, 4) is 27.6 Å². The van der Waals surface area contributed by atoms with Crippen molar-refractivity contribution in [3.63, 3.8) is 0 Å². The smallest absolute Gasteiger partial charge is 0.250 e. The van der Waals surface area contributed by atoms with Crippen molar-refractivity contribution in [2.75, 3.05) is 12.4 Å². The molecular weight excluding hydrogens is 561 g/mol. The lowest BCUT2D eigenvalue weighted by Crippen LogP contribution is -2.32. The van der Waals surface area contributed by atoms with Crippen LogP contribution in [0.4, 0.5) is 5.69 Å². The molecule has 0 aliphatic rings. The van der Waals surface area contributed by atoms with E-state index >= 15 is 0 Å². The molecular formula is C28H19Cl2N3O3S2. The molecule has 3 aromatic carbocycles. The Morgan fingerprint density at radius 1 is 1.03 bits per heavy atom. The predicted octanol–water partition coefficient (Wildman–Crippen LogP) is 8.07. The van der Waals surface area contributed by atoms with E-state index in [0.717, 1.165) is 26.4 Å². The minimum Gasteiger partial charge on any atom is -0.495 e. The first-order valence-corrected chi connectivity index (χ1v) is 13.3. The fraction of sp³-hybridized carbons (Fsp3) is 0.0357. The first-order valence-electron chi connectivity index (χ1n) is 11.3. The number of thiazole rings is 1. The second-order valence-corrected chi connectivity index (χ2v) is 10.4. The lowest BCUT2D eigenvalue weighted by molar-refractivity contribution is -0.115. The molecule has 2 heterocycles. The maximum absolute atomic E-state index is 12.5. The number of carbonyl (C=O) groups is 1. The molecule has 0 saturated heterocycles. The van der Waals surface area contributed by atoms with Gasteiger partial charge >= 0.3 is 0 Å². The summed E-state index contributed by atoms with van der Waals surface area (Å²) in [5.74, 6) is 1.21. The van der Waals surface area contributed by atoms with Crippen molar-refractivity contribution in [1.82, 2.24) is 10.3 Å². The minimum atomic E-state index is -0.424. The van der Waals surface area contributed by atoms with Crippen molar-refractivity contribution >= 4 is 79.8 Å². The second-order valence-electron chi connectivity index (χ2n) is 8.04. The molecule has 2 aromatic heterocycles. The first kappa shape index (κ1) is 25.9. The SMILES string of the molecule is COc1ccc(-c2nc3ccccc3s2)cc1NC(=S)NC(=O)/C=C/c1ccc(-c2cc(Cl)cc(Cl)c2)o1. The number of amides is 1. The molecule has 190 valence electrons. The average molecular weight is 581 g/mol. The number of hydrogen-bond acceptors (Lipinski definition) is 6. The van der Waals surface area contributed by atoms with Gasteiger partial charge in [0.15, 0.2) is 5.11 Å². The topological polar surface area (TPSA) is 76.4 Å². The number of anilines is 1. The fourth-order valence-electron chi connectivity index (χ4n) is 3.69. The van der Waals surface area contributed by atoms with Crippen LogP contribution in [0.25, 0.3) is 38.2 Å². The number of benzene rings is 3. The van der Waals surface area contributed by atoms with Gasteiger partial charge in [0.2, 0.25) is 5.91 Å². The molecule has 5 aromatic rings. The van der Waals surface area contributed by atoms with Crippen LogP contribution in [0.2, 0.25) is 10.0 Å². The Morgan fingerprint density at radius 3 is 2.58 bits per heavy atom. The van der Waals surface area contributed by atoms with Gasteiger partial charge in [0, 0.05) is 27.2 Å². The van der Waals surface area contributed by atoms with Crippen molar-refractivity contribution in [1.29, 1.82) is 0 Å². The van der Waals surface area contributed by atoms with E-state index in [4.69, 9.17) is 49.6 Å². The molecule has 6 nitrogen and oxygen atoms in total. The van der Waals surface area contributed by atoms with Crippen molar-refractivity contribution in [2.24, 2.45) is 0 Å². The van der Waals surface area contributed by atoms with Crippen LogP contribution in [0.5, 0.6) is 5.75 Å². The van der Waals surface area contributed by atoms with Gasteiger partial charge in [-0.15, -0.1) is 11.3 Å². The van der Waals surface area contributed by atoms with E-state index in [-0.39, 0.29) is 5.11 Å². The molecule has 5 rings (SSSR count). The molecule has 10 heteroatoms. The fourth-order valence-corrected chi connectivity index (χ4v) is 5.39. The molecule has 1 amide bonds. The van der Waals surface area contributed by atoms with Crippen molar-refractivity contribution in [2.45, 2.75) is 0 Å². The van der Waals surface area contributed by atoms with E-state index in [9.17, 15) is 4.79 Å². The predicted molar refractivity (Wildman–Crippen MR) is 159 cm³/mol. The quantitative estimate of drug-likeness (QED) is 0.156. The number of furan rings is 1. The Balaban J connectivity index is 1.25. The summed E-state index contributed by atoms with van der Waals surface area (Å²) in [6.07, 6.45) is 2.87. The molecule has 0 fully saturated rings. The van der Waals surface area contributed by atoms with E-state index in [0.29, 0.717) is 33.0 Å². The lowest BCUT2D eigenvalue weighted by Gasteiger charge is -2.13. The van der Waals surface area contributed by atoms with E-state index in [1.165, 1.54) is 6.08 Å². The molecule has 0 aliphatic heterocycles. The van der Waals surface area contributed by atoms with E-state index in [1.54, 1.807) is 54.9 Å². The Morgan fingerprint density at radius 2 is 1.82 bits per heavy atom. The Kier molecular flexibility index (Phi) is 7.76. The molecule has 0 saturated carbocycles. The molecule has 0 aliphatic carbocycles. The number of hydrogen-bond donors (Lipinski definition) is 2. The molecule has 38 heavy (non-hydrogen) atoms. The van der Waals surface area contributed by atoms with Crippen LogP contribution >= 0.6 is 46.8 Å². The van der Waals surface area contributed by atoms with Crippen LogP contribution < -0.4 is 15.4 Å². The van der Waals surface area contributed by atoms with E-state index < -0.39 is 5.91 Å². The second kappa shape index (κ2) is 11.4. The summed E-state index contributed by atoms with van der Waals surface area (Å²) in [4.78, 5) is 17.2. The van der Waals surface area contributed by atoms with E-state index in [2.05, 4.69) is 10.6 Å². The van der Waals surface area contributed by atoms with Gasteiger partial charge in [0.1, 0.15) is 22.3 Å². The average Bonchev–Trinajstić information content (AvgIpc) is 3.54. The summed E-state index contributed by atoms with van der Waals surface area (Å²) >= 11 is 19.1. The van der Waals surface area contributed by atoms with Gasteiger partial charge in [-0.3, -0.25) is 10.1 Å². The summed E-state index contributed by atoms with van der Waals surface area (Å²) in [5.41, 5.74) is 3.18. The monoisotopic (exact) mass is 579 g/mol. The highest BCUT2D eigenvalue weighted by molar-refractivity contribution is 7.80. The zero-order valence-corrected chi connectivity index (χ0v) is 23.0. The number of para-hydroxylation sites is 1. The number of halogens is 2. The van der Waals surface area contributed by atoms with Gasteiger partial charge in [0.25, 0.3) is 0 Å². The number of fused-ring (bicyclic) bond motifs is 1. The van der Waals surface area contributed by atoms with Gasteiger partial charge in [-0.25, -0.2) is 4.98 Å². The van der Waals surface area contributed by atoms with Crippen LogP contribution in [0.15, 0.2) is 83.3 Å². The number of thiocarbonyl (C=S) groups is 1. The molecule has 2 N–H and O–H groups in total. The number of nitrogens with one attached hydrogen (secondary N) is 2. The summed E-state index contributed by atoms with van der Waals surface area (Å²) in [6, 6.07) is 22.3. The molecule has 0 atom stereocenters. The molecule has 0 bridgehead atoms. The van der Waals surface area contributed by atoms with Gasteiger partial charge in [-0.2, -0.15) is 0 Å². The highest BCUT2D eigenvalue weighted by Crippen LogP contribution is 2.35. The number of carbonyl (C=O) groups excluding carboxylic acids is 1. The Labute approximate surface area is 237 Å². The largest absolute Gasteiger partial charge is 0.495 e.